The second-order valence-electron chi connectivity index (χ2n) is 4.09. The van der Waals surface area contributed by atoms with Gasteiger partial charge in [-0.2, -0.15) is 5.10 Å². The lowest BCUT2D eigenvalue weighted by Crippen LogP contribution is -2.35. The van der Waals surface area contributed by atoms with Gasteiger partial charge in [-0.15, -0.1) is 0 Å². The van der Waals surface area contributed by atoms with Gasteiger partial charge in [0, 0.05) is 19.8 Å². The second kappa shape index (κ2) is 4.66. The number of nitrogens with zero attached hydrogens (tertiary/aromatic N) is 2. The topological polar surface area (TPSA) is 50.1 Å². The van der Waals surface area contributed by atoms with Crippen LogP contribution in [0.15, 0.2) is 6.20 Å². The Bertz CT molecular complexity index is 316. The SMILES string of the molecule is CCC(O)(CC)CNc1cn(C)nc1C. The van der Waals surface area contributed by atoms with E-state index in [1.165, 1.54) is 0 Å². The molecule has 86 valence electrons. The zero-order chi connectivity index (χ0) is 11.5. The van der Waals surface area contributed by atoms with Crippen molar-refractivity contribution in [1.29, 1.82) is 0 Å². The minimum absolute atomic E-state index is 0.576. The van der Waals surface area contributed by atoms with Crippen LogP contribution in [0.4, 0.5) is 5.69 Å². The van der Waals surface area contributed by atoms with E-state index in [0.717, 1.165) is 24.2 Å². The van der Waals surface area contributed by atoms with Crippen molar-refractivity contribution in [3.05, 3.63) is 11.9 Å². The Kier molecular flexibility index (Phi) is 3.74. The van der Waals surface area contributed by atoms with Crippen LogP contribution in [0.1, 0.15) is 32.4 Å². The van der Waals surface area contributed by atoms with E-state index in [9.17, 15) is 5.11 Å². The Labute approximate surface area is 91.3 Å². The quantitative estimate of drug-likeness (QED) is 0.779. The molecular formula is C11H21N3O. The van der Waals surface area contributed by atoms with Gasteiger partial charge >= 0.3 is 0 Å². The summed E-state index contributed by atoms with van der Waals surface area (Å²) in [7, 11) is 1.89. The average Bonchev–Trinajstić information content (AvgIpc) is 2.54. The lowest BCUT2D eigenvalue weighted by Gasteiger charge is -2.25. The number of hydrogen-bond acceptors (Lipinski definition) is 3. The van der Waals surface area contributed by atoms with Gasteiger partial charge < -0.3 is 10.4 Å². The van der Waals surface area contributed by atoms with Gasteiger partial charge in [-0.25, -0.2) is 0 Å². The predicted octanol–water partition coefficient (Wildman–Crippen LogP) is 1.69. The summed E-state index contributed by atoms with van der Waals surface area (Å²) < 4.78 is 1.77. The number of hydrogen-bond donors (Lipinski definition) is 2. The first-order chi connectivity index (χ1) is 7.00. The third-order valence-electron chi connectivity index (χ3n) is 2.94. The molecule has 0 saturated carbocycles. The largest absolute Gasteiger partial charge is 0.388 e. The molecule has 1 aromatic heterocycles. The van der Waals surface area contributed by atoms with Gasteiger partial charge in [-0.3, -0.25) is 4.68 Å². The third-order valence-corrected chi connectivity index (χ3v) is 2.94. The van der Waals surface area contributed by atoms with E-state index in [0.29, 0.717) is 6.54 Å². The van der Waals surface area contributed by atoms with Crippen molar-refractivity contribution in [1.82, 2.24) is 9.78 Å². The van der Waals surface area contributed by atoms with Crippen LogP contribution in [0, 0.1) is 6.92 Å². The highest BCUT2D eigenvalue weighted by Crippen LogP contribution is 2.17. The number of anilines is 1. The van der Waals surface area contributed by atoms with Crippen LogP contribution in [0.25, 0.3) is 0 Å². The van der Waals surface area contributed by atoms with Crippen molar-refractivity contribution in [3.63, 3.8) is 0 Å². The van der Waals surface area contributed by atoms with Crippen molar-refractivity contribution in [2.75, 3.05) is 11.9 Å². The van der Waals surface area contributed by atoms with Gasteiger partial charge in [0.05, 0.1) is 17.0 Å². The molecule has 15 heavy (non-hydrogen) atoms. The maximum Gasteiger partial charge on any atom is 0.0824 e. The standard InChI is InChI=1S/C11H21N3O/c1-5-11(15,6-2)8-12-10-7-14(4)13-9(10)3/h7,12,15H,5-6,8H2,1-4H3. The van der Waals surface area contributed by atoms with Crippen molar-refractivity contribution in [3.8, 4) is 0 Å². The number of rotatable bonds is 5. The van der Waals surface area contributed by atoms with Gasteiger partial charge in [0.2, 0.25) is 0 Å². The van der Waals surface area contributed by atoms with Crippen LogP contribution < -0.4 is 5.32 Å². The van der Waals surface area contributed by atoms with E-state index < -0.39 is 5.60 Å². The highest BCUT2D eigenvalue weighted by molar-refractivity contribution is 5.45. The van der Waals surface area contributed by atoms with Crippen LogP contribution >= 0.6 is 0 Å². The molecule has 1 heterocycles. The average molecular weight is 211 g/mol. The Balaban J connectivity index is 2.60. The number of nitrogens with one attached hydrogen (secondary N) is 1. The van der Waals surface area contributed by atoms with Crippen LogP contribution in [0.2, 0.25) is 0 Å². The van der Waals surface area contributed by atoms with Gasteiger partial charge in [0.15, 0.2) is 0 Å². The van der Waals surface area contributed by atoms with E-state index in [2.05, 4.69) is 10.4 Å². The molecular weight excluding hydrogens is 190 g/mol. The predicted molar refractivity (Wildman–Crippen MR) is 62.0 cm³/mol. The van der Waals surface area contributed by atoms with E-state index in [1.54, 1.807) is 4.68 Å². The van der Waals surface area contributed by atoms with Crippen LogP contribution in [-0.2, 0) is 7.05 Å². The Hall–Kier alpha value is -1.03. The summed E-state index contributed by atoms with van der Waals surface area (Å²) in [6.45, 7) is 6.54. The van der Waals surface area contributed by atoms with Crippen molar-refractivity contribution >= 4 is 5.69 Å². The molecule has 0 aliphatic rings. The van der Waals surface area contributed by atoms with E-state index in [1.807, 2.05) is 34.0 Å². The minimum atomic E-state index is -0.609. The van der Waals surface area contributed by atoms with Crippen molar-refractivity contribution in [2.45, 2.75) is 39.2 Å². The summed E-state index contributed by atoms with van der Waals surface area (Å²) in [5.74, 6) is 0. The fourth-order valence-electron chi connectivity index (χ4n) is 1.53. The molecule has 2 N–H and O–H groups in total. The molecule has 0 amide bonds. The maximum absolute atomic E-state index is 10.1. The van der Waals surface area contributed by atoms with Gasteiger partial charge in [0.25, 0.3) is 0 Å². The molecule has 0 atom stereocenters. The smallest absolute Gasteiger partial charge is 0.0824 e. The van der Waals surface area contributed by atoms with Gasteiger partial charge in [-0.1, -0.05) is 13.8 Å². The number of aromatic nitrogens is 2. The molecule has 0 unspecified atom stereocenters. The van der Waals surface area contributed by atoms with E-state index >= 15 is 0 Å². The molecule has 0 aliphatic heterocycles. The first-order valence-electron chi connectivity index (χ1n) is 5.47. The van der Waals surface area contributed by atoms with E-state index in [4.69, 9.17) is 0 Å². The fraction of sp³-hybridized carbons (Fsp3) is 0.727. The highest BCUT2D eigenvalue weighted by atomic mass is 16.3. The summed E-state index contributed by atoms with van der Waals surface area (Å²) >= 11 is 0. The summed E-state index contributed by atoms with van der Waals surface area (Å²) in [6.07, 6.45) is 3.45. The lowest BCUT2D eigenvalue weighted by molar-refractivity contribution is 0.0457. The normalized spacial score (nSPS) is 11.8. The number of aryl methyl sites for hydroxylation is 2. The Morgan fingerprint density at radius 2 is 2.07 bits per heavy atom. The Morgan fingerprint density at radius 3 is 2.47 bits per heavy atom. The van der Waals surface area contributed by atoms with Crippen LogP contribution in [0.3, 0.4) is 0 Å². The summed E-state index contributed by atoms with van der Waals surface area (Å²) in [4.78, 5) is 0. The molecule has 0 bridgehead atoms. The van der Waals surface area contributed by atoms with Crippen molar-refractivity contribution in [2.24, 2.45) is 7.05 Å². The van der Waals surface area contributed by atoms with Crippen molar-refractivity contribution < 1.29 is 5.11 Å². The zero-order valence-corrected chi connectivity index (χ0v) is 10.0. The number of aliphatic hydroxyl groups is 1. The van der Waals surface area contributed by atoms with Gasteiger partial charge in [0.1, 0.15) is 0 Å². The fourth-order valence-corrected chi connectivity index (χ4v) is 1.53. The van der Waals surface area contributed by atoms with E-state index in [-0.39, 0.29) is 0 Å². The monoisotopic (exact) mass is 211 g/mol. The third kappa shape index (κ3) is 2.96. The summed E-state index contributed by atoms with van der Waals surface area (Å²) in [6, 6.07) is 0. The molecule has 0 radical (unpaired) electrons. The molecule has 0 aromatic carbocycles. The lowest BCUT2D eigenvalue weighted by atomic mass is 9.97. The first kappa shape index (κ1) is 12.0. The molecule has 0 saturated heterocycles. The summed E-state index contributed by atoms with van der Waals surface area (Å²) in [5.41, 5.74) is 1.35. The summed E-state index contributed by atoms with van der Waals surface area (Å²) in [5, 5.41) is 17.6. The molecule has 0 aliphatic carbocycles. The zero-order valence-electron chi connectivity index (χ0n) is 10.0. The molecule has 1 aromatic rings. The highest BCUT2D eigenvalue weighted by Gasteiger charge is 2.22. The molecule has 0 spiro atoms. The molecule has 0 fully saturated rings. The maximum atomic E-state index is 10.1. The Morgan fingerprint density at radius 1 is 1.47 bits per heavy atom. The van der Waals surface area contributed by atoms with Crippen LogP contribution in [-0.4, -0.2) is 27.0 Å². The second-order valence-corrected chi connectivity index (χ2v) is 4.09. The molecule has 1 rings (SSSR count). The first-order valence-corrected chi connectivity index (χ1v) is 5.47. The minimum Gasteiger partial charge on any atom is -0.388 e. The van der Waals surface area contributed by atoms with Crippen LogP contribution in [0.5, 0.6) is 0 Å². The molecule has 4 nitrogen and oxygen atoms in total. The molecule has 4 heteroatoms. The van der Waals surface area contributed by atoms with Gasteiger partial charge in [-0.05, 0) is 19.8 Å².